The van der Waals surface area contributed by atoms with E-state index in [1.165, 1.54) is 6.92 Å². The van der Waals surface area contributed by atoms with E-state index < -0.39 is 17.9 Å². The van der Waals surface area contributed by atoms with Gasteiger partial charge in [0.2, 0.25) is 0 Å². The maximum atomic E-state index is 12.4. The van der Waals surface area contributed by atoms with Crippen molar-refractivity contribution in [1.29, 1.82) is 0 Å². The average Bonchev–Trinajstić information content (AvgIpc) is 2.08. The highest BCUT2D eigenvalue weighted by atomic mass is 19.3. The predicted octanol–water partition coefficient (Wildman–Crippen LogP) is 1.01. The first kappa shape index (κ1) is 10.4. The van der Waals surface area contributed by atoms with E-state index in [1.54, 1.807) is 0 Å². The largest absolute Gasteiger partial charge is 0.397 e. The first-order valence-corrected chi connectivity index (χ1v) is 3.78. The van der Waals surface area contributed by atoms with Crippen molar-refractivity contribution in [1.82, 2.24) is 4.98 Å². The molecule has 4 nitrogen and oxygen atoms in total. The van der Waals surface area contributed by atoms with E-state index in [9.17, 15) is 13.6 Å². The van der Waals surface area contributed by atoms with Gasteiger partial charge < -0.3 is 11.5 Å². The van der Waals surface area contributed by atoms with Crippen molar-refractivity contribution >= 4 is 11.6 Å². The number of aromatic nitrogens is 1. The Balaban J connectivity index is 3.45. The fourth-order valence-corrected chi connectivity index (χ4v) is 1.08. The van der Waals surface area contributed by atoms with Crippen molar-refractivity contribution in [2.45, 2.75) is 13.3 Å². The molecular formula is C8H9F2N3O. The number of amides is 1. The summed E-state index contributed by atoms with van der Waals surface area (Å²) in [6, 6.07) is 0. The molecule has 0 radical (unpaired) electrons. The van der Waals surface area contributed by atoms with E-state index in [2.05, 4.69) is 4.98 Å². The molecule has 0 atom stereocenters. The van der Waals surface area contributed by atoms with Gasteiger partial charge in [0.25, 0.3) is 12.3 Å². The molecule has 0 aliphatic heterocycles. The zero-order valence-electron chi connectivity index (χ0n) is 7.42. The van der Waals surface area contributed by atoms with Crippen LogP contribution in [0.15, 0.2) is 6.20 Å². The monoisotopic (exact) mass is 201 g/mol. The number of pyridine rings is 1. The summed E-state index contributed by atoms with van der Waals surface area (Å²) in [4.78, 5) is 14.5. The van der Waals surface area contributed by atoms with Crippen molar-refractivity contribution < 1.29 is 13.6 Å². The Kier molecular flexibility index (Phi) is 2.64. The van der Waals surface area contributed by atoms with E-state index in [0.29, 0.717) is 5.69 Å². The topological polar surface area (TPSA) is 82.0 Å². The van der Waals surface area contributed by atoms with Gasteiger partial charge in [0, 0.05) is 6.20 Å². The van der Waals surface area contributed by atoms with Crippen LogP contribution in [0.25, 0.3) is 0 Å². The van der Waals surface area contributed by atoms with Crippen molar-refractivity contribution in [3.8, 4) is 0 Å². The van der Waals surface area contributed by atoms with Crippen molar-refractivity contribution in [3.63, 3.8) is 0 Å². The molecule has 14 heavy (non-hydrogen) atoms. The number of hydrogen-bond acceptors (Lipinski definition) is 3. The minimum atomic E-state index is -2.81. The summed E-state index contributed by atoms with van der Waals surface area (Å²) in [6.07, 6.45) is -1.90. The zero-order chi connectivity index (χ0) is 10.9. The molecular weight excluding hydrogens is 192 g/mol. The molecule has 0 aromatic carbocycles. The summed E-state index contributed by atoms with van der Waals surface area (Å²) in [5.74, 6) is -0.969. The number of aryl methyl sites for hydroxylation is 1. The van der Waals surface area contributed by atoms with E-state index in [1.807, 2.05) is 0 Å². The summed E-state index contributed by atoms with van der Waals surface area (Å²) >= 11 is 0. The van der Waals surface area contributed by atoms with Gasteiger partial charge in [-0.15, -0.1) is 0 Å². The highest BCUT2D eigenvalue weighted by molar-refractivity contribution is 5.99. The number of rotatable bonds is 2. The average molecular weight is 201 g/mol. The van der Waals surface area contributed by atoms with Gasteiger partial charge >= 0.3 is 0 Å². The second kappa shape index (κ2) is 3.57. The van der Waals surface area contributed by atoms with Gasteiger partial charge in [-0.2, -0.15) is 0 Å². The Morgan fingerprint density at radius 1 is 1.57 bits per heavy atom. The number of hydrogen-bond donors (Lipinski definition) is 2. The molecule has 76 valence electrons. The Bertz CT molecular complexity index is 379. The van der Waals surface area contributed by atoms with Crippen LogP contribution in [0.3, 0.4) is 0 Å². The van der Waals surface area contributed by atoms with Crippen LogP contribution in [-0.4, -0.2) is 10.9 Å². The molecule has 0 aliphatic carbocycles. The Hall–Kier alpha value is -1.72. The van der Waals surface area contributed by atoms with E-state index >= 15 is 0 Å². The SMILES string of the molecule is Cc1ncc(C(F)F)c(C(N)=O)c1N. The molecule has 1 aromatic rings. The second-order valence-electron chi connectivity index (χ2n) is 2.75. The summed E-state index contributed by atoms with van der Waals surface area (Å²) < 4.78 is 24.8. The lowest BCUT2D eigenvalue weighted by atomic mass is 10.1. The predicted molar refractivity (Wildman–Crippen MR) is 46.9 cm³/mol. The van der Waals surface area contributed by atoms with Crippen LogP contribution in [0, 0.1) is 6.92 Å². The fourth-order valence-electron chi connectivity index (χ4n) is 1.08. The van der Waals surface area contributed by atoms with Gasteiger partial charge in [-0.3, -0.25) is 9.78 Å². The molecule has 0 spiro atoms. The van der Waals surface area contributed by atoms with Gasteiger partial charge in [-0.05, 0) is 6.92 Å². The normalized spacial score (nSPS) is 10.6. The fraction of sp³-hybridized carbons (Fsp3) is 0.250. The molecule has 0 unspecified atom stereocenters. The number of carbonyl (C=O) groups excluding carboxylic acids is 1. The molecule has 1 aromatic heterocycles. The molecule has 1 rings (SSSR count). The van der Waals surface area contributed by atoms with Crippen molar-refractivity contribution in [3.05, 3.63) is 23.0 Å². The van der Waals surface area contributed by atoms with Gasteiger partial charge in [-0.1, -0.05) is 0 Å². The minimum absolute atomic E-state index is 0.0877. The van der Waals surface area contributed by atoms with Crippen molar-refractivity contribution in [2.75, 3.05) is 5.73 Å². The molecule has 1 amide bonds. The number of nitrogens with zero attached hydrogens (tertiary/aromatic N) is 1. The van der Waals surface area contributed by atoms with Gasteiger partial charge in [0.1, 0.15) is 0 Å². The lowest BCUT2D eigenvalue weighted by Crippen LogP contribution is -2.18. The van der Waals surface area contributed by atoms with Crippen LogP contribution in [0.4, 0.5) is 14.5 Å². The highest BCUT2D eigenvalue weighted by Crippen LogP contribution is 2.27. The van der Waals surface area contributed by atoms with Crippen LogP contribution in [-0.2, 0) is 0 Å². The molecule has 4 N–H and O–H groups in total. The molecule has 0 saturated carbocycles. The quantitative estimate of drug-likeness (QED) is 0.749. The maximum Gasteiger partial charge on any atom is 0.266 e. The van der Waals surface area contributed by atoms with E-state index in [0.717, 1.165) is 6.20 Å². The second-order valence-corrected chi connectivity index (χ2v) is 2.75. The number of primary amides is 1. The number of nitrogens with two attached hydrogens (primary N) is 2. The minimum Gasteiger partial charge on any atom is -0.397 e. The van der Waals surface area contributed by atoms with Crippen molar-refractivity contribution in [2.24, 2.45) is 5.73 Å². The van der Waals surface area contributed by atoms with E-state index in [-0.39, 0.29) is 11.3 Å². The third-order valence-corrected chi connectivity index (χ3v) is 1.83. The summed E-state index contributed by atoms with van der Waals surface area (Å²) in [5.41, 5.74) is 9.72. The van der Waals surface area contributed by atoms with Crippen LogP contribution in [0.5, 0.6) is 0 Å². The van der Waals surface area contributed by atoms with Crippen LogP contribution >= 0.6 is 0 Å². The summed E-state index contributed by atoms with van der Waals surface area (Å²) in [7, 11) is 0. The Morgan fingerprint density at radius 3 is 2.57 bits per heavy atom. The molecule has 1 heterocycles. The standard InChI is InChI=1S/C8H9F2N3O/c1-3-6(11)5(8(12)14)4(2-13-3)7(9)10/h2,7H,11H2,1H3,(H2,12,14). The maximum absolute atomic E-state index is 12.4. The number of halogens is 2. The lowest BCUT2D eigenvalue weighted by Gasteiger charge is -2.09. The first-order valence-electron chi connectivity index (χ1n) is 3.78. The third-order valence-electron chi connectivity index (χ3n) is 1.83. The zero-order valence-corrected chi connectivity index (χ0v) is 7.42. The molecule has 0 saturated heterocycles. The molecule has 0 fully saturated rings. The Labute approximate surface area is 78.9 Å². The number of nitrogen functional groups attached to an aromatic ring is 1. The van der Waals surface area contributed by atoms with Gasteiger partial charge in [0.15, 0.2) is 0 Å². The van der Waals surface area contributed by atoms with Crippen LogP contribution in [0.1, 0.15) is 28.0 Å². The molecule has 0 aliphatic rings. The third kappa shape index (κ3) is 1.63. The number of alkyl halides is 2. The first-order chi connectivity index (χ1) is 6.45. The van der Waals surface area contributed by atoms with Gasteiger partial charge in [0.05, 0.1) is 22.5 Å². The number of carbonyl (C=O) groups is 1. The smallest absolute Gasteiger partial charge is 0.266 e. The number of anilines is 1. The lowest BCUT2D eigenvalue weighted by molar-refractivity contribution is 0.0986. The van der Waals surface area contributed by atoms with Crippen LogP contribution in [0.2, 0.25) is 0 Å². The highest BCUT2D eigenvalue weighted by Gasteiger charge is 2.20. The van der Waals surface area contributed by atoms with Crippen LogP contribution < -0.4 is 11.5 Å². The molecule has 0 bridgehead atoms. The summed E-state index contributed by atoms with van der Waals surface area (Å²) in [5, 5.41) is 0. The molecule has 6 heteroatoms. The summed E-state index contributed by atoms with van der Waals surface area (Å²) in [6.45, 7) is 1.51. The van der Waals surface area contributed by atoms with E-state index in [4.69, 9.17) is 11.5 Å². The Morgan fingerprint density at radius 2 is 2.14 bits per heavy atom. The van der Waals surface area contributed by atoms with Gasteiger partial charge in [-0.25, -0.2) is 8.78 Å².